The number of nitrogens with zero attached hydrogens (tertiary/aromatic N) is 1. The summed E-state index contributed by atoms with van der Waals surface area (Å²) in [5.41, 5.74) is -0.352. The average molecular weight is 507 g/mol. The minimum atomic E-state index is -1.12. The second kappa shape index (κ2) is 14.0. The van der Waals surface area contributed by atoms with Gasteiger partial charge in [-0.3, -0.25) is 4.79 Å². The molecule has 0 unspecified atom stereocenters. The predicted octanol–water partition coefficient (Wildman–Crippen LogP) is 4.03. The first kappa shape index (κ1) is 27.8. The van der Waals surface area contributed by atoms with Crippen molar-refractivity contribution < 1.29 is 14.7 Å². The number of hydrogen-bond donors (Lipinski definition) is 4. The molecule has 1 heterocycles. The first-order valence-corrected chi connectivity index (χ1v) is 13.7. The molecule has 0 bridgehead atoms. The van der Waals surface area contributed by atoms with Crippen LogP contribution < -0.4 is 16.0 Å². The van der Waals surface area contributed by atoms with Gasteiger partial charge >= 0.3 is 6.03 Å². The smallest absolute Gasteiger partial charge is 0.317 e. The molecular formula is C27H43ClN4O3. The maximum absolute atomic E-state index is 13.3. The molecule has 1 aromatic carbocycles. The standard InChI is InChI=1S/C27H43ClN4O3/c1-29-18-25(16-21-8-3-2-4-9-21)31-26(34)32-15-6-11-23(19-32)27(35,13-7-14-30-20-33)22-10-5-12-24(28)17-22/h5,10,12,17,20-21,23,25,29,35H,2-4,6-9,11,13-16,18-19H2,1H3,(H,30,33)(H,31,34)/t23-,25+,27+/m0/s1. The molecule has 7 nitrogen and oxygen atoms in total. The number of aliphatic hydroxyl groups is 1. The molecule has 2 fully saturated rings. The zero-order valence-corrected chi connectivity index (χ0v) is 21.9. The van der Waals surface area contributed by atoms with Gasteiger partial charge in [0.05, 0.1) is 5.60 Å². The van der Waals surface area contributed by atoms with E-state index >= 15 is 0 Å². The lowest BCUT2D eigenvalue weighted by molar-refractivity contribution is -0.109. The summed E-state index contributed by atoms with van der Waals surface area (Å²) < 4.78 is 0. The normalized spacial score (nSPS) is 21.7. The highest BCUT2D eigenvalue weighted by Gasteiger charge is 2.41. The quantitative estimate of drug-likeness (QED) is 0.254. The lowest BCUT2D eigenvalue weighted by Gasteiger charge is -2.43. The van der Waals surface area contributed by atoms with Gasteiger partial charge in [-0.15, -0.1) is 0 Å². The summed E-state index contributed by atoms with van der Waals surface area (Å²) in [5, 5.41) is 21.8. The van der Waals surface area contributed by atoms with E-state index in [1.807, 2.05) is 30.1 Å². The minimum absolute atomic E-state index is 0.0400. The van der Waals surface area contributed by atoms with Crippen molar-refractivity contribution in [3.8, 4) is 0 Å². The maximum Gasteiger partial charge on any atom is 0.317 e. The lowest BCUT2D eigenvalue weighted by Crippen LogP contribution is -2.54. The van der Waals surface area contributed by atoms with Crippen molar-refractivity contribution in [2.75, 3.05) is 33.2 Å². The largest absolute Gasteiger partial charge is 0.385 e. The Bertz CT molecular complexity index is 804. The van der Waals surface area contributed by atoms with Gasteiger partial charge in [0.2, 0.25) is 6.41 Å². The van der Waals surface area contributed by atoms with E-state index in [0.29, 0.717) is 49.8 Å². The van der Waals surface area contributed by atoms with Crippen LogP contribution in [-0.2, 0) is 10.4 Å². The first-order chi connectivity index (χ1) is 17.0. The van der Waals surface area contributed by atoms with Gasteiger partial charge in [0.1, 0.15) is 0 Å². The van der Waals surface area contributed by atoms with E-state index in [4.69, 9.17) is 11.6 Å². The second-order valence-corrected chi connectivity index (χ2v) is 10.8. The SMILES string of the molecule is CNC[C@@H](CC1CCCCC1)NC(=O)N1CCC[C@H]([C@@](O)(CCCNC=O)c2cccc(Cl)c2)C1. The highest BCUT2D eigenvalue weighted by atomic mass is 35.5. The van der Waals surface area contributed by atoms with Crippen LogP contribution >= 0.6 is 11.6 Å². The molecule has 4 N–H and O–H groups in total. The number of benzene rings is 1. The molecule has 1 aromatic rings. The molecule has 3 atom stereocenters. The number of urea groups is 1. The summed E-state index contributed by atoms with van der Waals surface area (Å²) in [7, 11) is 1.93. The van der Waals surface area contributed by atoms with Crippen LogP contribution in [0.1, 0.15) is 69.8 Å². The Hall–Kier alpha value is -1.83. The molecule has 2 aliphatic rings. The molecular weight excluding hydrogens is 464 g/mol. The number of piperidine rings is 1. The topological polar surface area (TPSA) is 93.7 Å². The second-order valence-electron chi connectivity index (χ2n) is 10.3. The molecule has 0 aromatic heterocycles. The molecule has 3 amide bonds. The van der Waals surface area contributed by atoms with Crippen molar-refractivity contribution in [3.05, 3.63) is 34.9 Å². The van der Waals surface area contributed by atoms with Crippen LogP contribution in [0.25, 0.3) is 0 Å². The summed E-state index contributed by atoms with van der Waals surface area (Å²) in [4.78, 5) is 25.9. The number of likely N-dealkylation sites (N-methyl/N-ethyl adjacent to an activating group) is 1. The number of amides is 3. The van der Waals surface area contributed by atoms with E-state index in [-0.39, 0.29) is 18.0 Å². The Morgan fingerprint density at radius 2 is 2.06 bits per heavy atom. The summed E-state index contributed by atoms with van der Waals surface area (Å²) >= 11 is 6.27. The Labute approximate surface area is 215 Å². The highest BCUT2D eigenvalue weighted by molar-refractivity contribution is 6.30. The van der Waals surface area contributed by atoms with Crippen LogP contribution in [0, 0.1) is 11.8 Å². The maximum atomic E-state index is 13.3. The molecule has 196 valence electrons. The van der Waals surface area contributed by atoms with Crippen molar-refractivity contribution >= 4 is 24.0 Å². The van der Waals surface area contributed by atoms with Gasteiger partial charge in [0.15, 0.2) is 0 Å². The van der Waals surface area contributed by atoms with Crippen LogP contribution in [-0.4, -0.2) is 61.7 Å². The summed E-state index contributed by atoms with van der Waals surface area (Å²) in [6.07, 6.45) is 10.9. The van der Waals surface area contributed by atoms with Crippen LogP contribution in [0.15, 0.2) is 24.3 Å². The molecule has 3 rings (SSSR count). The molecule has 1 aliphatic carbocycles. The van der Waals surface area contributed by atoms with Gasteiger partial charge in [0, 0.05) is 43.2 Å². The van der Waals surface area contributed by atoms with E-state index in [2.05, 4.69) is 16.0 Å². The third kappa shape index (κ3) is 8.09. The highest BCUT2D eigenvalue weighted by Crippen LogP contribution is 2.40. The Morgan fingerprint density at radius 1 is 1.26 bits per heavy atom. The number of hydrogen-bond acceptors (Lipinski definition) is 4. The van der Waals surface area contributed by atoms with E-state index in [9.17, 15) is 14.7 Å². The van der Waals surface area contributed by atoms with Gasteiger partial charge in [-0.25, -0.2) is 4.79 Å². The third-order valence-corrected chi connectivity index (χ3v) is 8.03. The van der Waals surface area contributed by atoms with Gasteiger partial charge in [-0.05, 0) is 62.8 Å². The fourth-order valence-corrected chi connectivity index (χ4v) is 6.13. The predicted molar refractivity (Wildman–Crippen MR) is 140 cm³/mol. The van der Waals surface area contributed by atoms with Crippen LogP contribution in [0.3, 0.4) is 0 Å². The summed E-state index contributed by atoms with van der Waals surface area (Å²) in [5.74, 6) is 0.571. The van der Waals surface area contributed by atoms with Crippen molar-refractivity contribution in [1.82, 2.24) is 20.9 Å². The zero-order chi connectivity index (χ0) is 25.1. The number of likely N-dealkylation sites (tertiary alicyclic amines) is 1. The molecule has 35 heavy (non-hydrogen) atoms. The average Bonchev–Trinajstić information content (AvgIpc) is 2.87. The zero-order valence-electron chi connectivity index (χ0n) is 21.1. The van der Waals surface area contributed by atoms with E-state index < -0.39 is 5.60 Å². The Kier molecular flexibility index (Phi) is 11.1. The minimum Gasteiger partial charge on any atom is -0.385 e. The molecule has 8 heteroatoms. The number of carbonyl (C=O) groups excluding carboxylic acids is 2. The summed E-state index contributed by atoms with van der Waals surface area (Å²) in [6, 6.07) is 7.45. The molecule has 1 aliphatic heterocycles. The monoisotopic (exact) mass is 506 g/mol. The fourth-order valence-electron chi connectivity index (χ4n) is 5.94. The van der Waals surface area contributed by atoms with E-state index in [1.54, 1.807) is 6.07 Å². The van der Waals surface area contributed by atoms with Crippen LogP contribution in [0.2, 0.25) is 5.02 Å². The Morgan fingerprint density at radius 3 is 2.77 bits per heavy atom. The van der Waals surface area contributed by atoms with Gasteiger partial charge < -0.3 is 26.0 Å². The molecule has 0 radical (unpaired) electrons. The lowest BCUT2D eigenvalue weighted by atomic mass is 9.74. The van der Waals surface area contributed by atoms with Crippen molar-refractivity contribution in [3.63, 3.8) is 0 Å². The van der Waals surface area contributed by atoms with Crippen molar-refractivity contribution in [2.45, 2.75) is 75.9 Å². The van der Waals surface area contributed by atoms with Crippen molar-refractivity contribution in [2.24, 2.45) is 11.8 Å². The number of nitrogens with one attached hydrogen (secondary N) is 3. The fraction of sp³-hybridized carbons (Fsp3) is 0.704. The number of carbonyl (C=O) groups is 2. The van der Waals surface area contributed by atoms with E-state index in [0.717, 1.165) is 31.4 Å². The van der Waals surface area contributed by atoms with Gasteiger partial charge in [-0.1, -0.05) is 55.8 Å². The summed E-state index contributed by atoms with van der Waals surface area (Å²) in [6.45, 7) is 2.44. The number of rotatable bonds is 12. The van der Waals surface area contributed by atoms with Gasteiger partial charge in [0.25, 0.3) is 0 Å². The van der Waals surface area contributed by atoms with Gasteiger partial charge in [-0.2, -0.15) is 0 Å². The van der Waals surface area contributed by atoms with Crippen molar-refractivity contribution in [1.29, 1.82) is 0 Å². The first-order valence-electron chi connectivity index (χ1n) is 13.3. The molecule has 1 saturated carbocycles. The Balaban J connectivity index is 1.68. The molecule has 0 spiro atoms. The number of halogens is 1. The van der Waals surface area contributed by atoms with Crippen LogP contribution in [0.4, 0.5) is 4.79 Å². The molecule has 1 saturated heterocycles. The van der Waals surface area contributed by atoms with E-state index in [1.165, 1.54) is 32.1 Å². The third-order valence-electron chi connectivity index (χ3n) is 7.79. The van der Waals surface area contributed by atoms with Crippen LogP contribution in [0.5, 0.6) is 0 Å².